The Bertz CT molecular complexity index is 459. The molecule has 6 nitrogen and oxygen atoms in total. The number of aliphatic hydroxyl groups excluding tert-OH is 1. The first kappa shape index (κ1) is 15.8. The molecule has 0 fully saturated rings. The summed E-state index contributed by atoms with van der Waals surface area (Å²) in [4.78, 5) is 11.9. The minimum Gasteiger partial charge on any atom is -0.395 e. The number of nitrogens with zero attached hydrogens (tertiary/aromatic N) is 2. The highest BCUT2D eigenvalue weighted by molar-refractivity contribution is 9.10. The Labute approximate surface area is 118 Å². The Balaban J connectivity index is 3.19. The number of methoxy groups -OCH3 is 1. The molecule has 0 bridgehead atoms. The highest BCUT2D eigenvalue weighted by atomic mass is 79.9. The number of hydrogen-bond donors (Lipinski definition) is 1. The van der Waals surface area contributed by atoms with Crippen molar-refractivity contribution in [3.63, 3.8) is 0 Å². The second kappa shape index (κ2) is 7.37. The lowest BCUT2D eigenvalue weighted by atomic mass is 10.2. The van der Waals surface area contributed by atoms with Gasteiger partial charge in [-0.25, -0.2) is 4.39 Å². The number of halogens is 2. The van der Waals surface area contributed by atoms with Gasteiger partial charge in [0.25, 0.3) is 5.69 Å². The maximum atomic E-state index is 13.6. The quantitative estimate of drug-likeness (QED) is 0.608. The topological polar surface area (TPSA) is 75.8 Å². The van der Waals surface area contributed by atoms with Crippen LogP contribution < -0.4 is 4.90 Å². The van der Waals surface area contributed by atoms with Crippen LogP contribution in [-0.2, 0) is 4.74 Å². The molecule has 1 rings (SSSR count). The van der Waals surface area contributed by atoms with E-state index >= 15 is 0 Å². The maximum absolute atomic E-state index is 13.6. The largest absolute Gasteiger partial charge is 0.395 e. The van der Waals surface area contributed by atoms with Crippen molar-refractivity contribution in [1.29, 1.82) is 0 Å². The van der Waals surface area contributed by atoms with E-state index < -0.39 is 10.7 Å². The predicted molar refractivity (Wildman–Crippen MR) is 71.9 cm³/mol. The second-order valence-electron chi connectivity index (χ2n) is 3.72. The van der Waals surface area contributed by atoms with Gasteiger partial charge in [0, 0.05) is 32.3 Å². The molecule has 0 unspecified atom stereocenters. The Morgan fingerprint density at radius 3 is 2.74 bits per heavy atom. The molecule has 0 spiro atoms. The fraction of sp³-hybridized carbons (Fsp3) is 0.455. The van der Waals surface area contributed by atoms with Crippen molar-refractivity contribution in [2.24, 2.45) is 0 Å². The van der Waals surface area contributed by atoms with E-state index in [1.54, 1.807) is 0 Å². The molecule has 0 aliphatic heterocycles. The van der Waals surface area contributed by atoms with Gasteiger partial charge in [-0.15, -0.1) is 0 Å². The summed E-state index contributed by atoms with van der Waals surface area (Å²) < 4.78 is 18.5. The van der Waals surface area contributed by atoms with Crippen molar-refractivity contribution in [3.05, 3.63) is 32.5 Å². The van der Waals surface area contributed by atoms with E-state index in [0.717, 1.165) is 12.1 Å². The summed E-state index contributed by atoms with van der Waals surface area (Å²) in [7, 11) is 1.49. The minimum absolute atomic E-state index is 0.0265. The van der Waals surface area contributed by atoms with E-state index in [1.165, 1.54) is 12.0 Å². The zero-order valence-electron chi connectivity index (χ0n) is 10.3. The third-order valence-corrected chi connectivity index (χ3v) is 3.10. The van der Waals surface area contributed by atoms with Gasteiger partial charge >= 0.3 is 0 Å². The summed E-state index contributed by atoms with van der Waals surface area (Å²) >= 11 is 2.92. The molecule has 1 aromatic carbocycles. The van der Waals surface area contributed by atoms with E-state index in [-0.39, 0.29) is 29.0 Å². The fourth-order valence-corrected chi connectivity index (χ4v) is 1.93. The molecule has 0 heterocycles. The minimum atomic E-state index is -0.596. The number of nitro benzene ring substituents is 1. The van der Waals surface area contributed by atoms with Gasteiger partial charge in [0.1, 0.15) is 11.5 Å². The van der Waals surface area contributed by atoms with Gasteiger partial charge in [-0.2, -0.15) is 0 Å². The van der Waals surface area contributed by atoms with Crippen LogP contribution in [0.4, 0.5) is 15.8 Å². The second-order valence-corrected chi connectivity index (χ2v) is 4.57. The lowest BCUT2D eigenvalue weighted by Gasteiger charge is -2.23. The first-order valence-corrected chi connectivity index (χ1v) is 6.28. The average Bonchev–Trinajstić information content (AvgIpc) is 2.37. The van der Waals surface area contributed by atoms with Gasteiger partial charge in [-0.05, 0) is 15.9 Å². The molecule has 0 radical (unpaired) electrons. The van der Waals surface area contributed by atoms with E-state index in [4.69, 9.17) is 9.84 Å². The van der Waals surface area contributed by atoms with Crippen molar-refractivity contribution in [2.45, 2.75) is 0 Å². The van der Waals surface area contributed by atoms with Crippen molar-refractivity contribution < 1.29 is 19.2 Å². The number of benzene rings is 1. The van der Waals surface area contributed by atoms with Gasteiger partial charge in [0.15, 0.2) is 0 Å². The van der Waals surface area contributed by atoms with E-state index in [9.17, 15) is 14.5 Å². The molecule has 8 heteroatoms. The number of ether oxygens (including phenoxy) is 1. The molecule has 1 N–H and O–H groups in total. The van der Waals surface area contributed by atoms with Crippen molar-refractivity contribution in [3.8, 4) is 0 Å². The standard InChI is InChI=1S/C11H14BrFN2O4/c1-19-5-3-14(2-4-16)10-7-9(13)8(12)6-11(10)15(17)18/h6-7,16H,2-5H2,1H3. The van der Waals surface area contributed by atoms with Gasteiger partial charge in [0.2, 0.25) is 0 Å². The fourth-order valence-electron chi connectivity index (χ4n) is 1.60. The van der Waals surface area contributed by atoms with Crippen LogP contribution in [0.5, 0.6) is 0 Å². The van der Waals surface area contributed by atoms with E-state index in [0.29, 0.717) is 13.2 Å². The van der Waals surface area contributed by atoms with Crippen LogP contribution >= 0.6 is 15.9 Å². The molecule has 19 heavy (non-hydrogen) atoms. The molecule has 1 aromatic rings. The maximum Gasteiger partial charge on any atom is 0.293 e. The SMILES string of the molecule is COCCN(CCO)c1cc(F)c(Br)cc1[N+](=O)[O-]. The molecular formula is C11H14BrFN2O4. The van der Waals surface area contributed by atoms with E-state index in [1.807, 2.05) is 0 Å². The number of anilines is 1. The van der Waals surface area contributed by atoms with Gasteiger partial charge in [-0.1, -0.05) is 0 Å². The van der Waals surface area contributed by atoms with Crippen molar-refractivity contribution in [2.75, 3.05) is 38.3 Å². The van der Waals surface area contributed by atoms with Crippen LogP contribution in [0.1, 0.15) is 0 Å². The molecule has 0 amide bonds. The van der Waals surface area contributed by atoms with E-state index in [2.05, 4.69) is 15.9 Å². The van der Waals surface area contributed by atoms with Crippen LogP contribution in [0.3, 0.4) is 0 Å². The monoisotopic (exact) mass is 336 g/mol. The summed E-state index contributed by atoms with van der Waals surface area (Å²) in [6.07, 6.45) is 0. The summed E-state index contributed by atoms with van der Waals surface area (Å²) in [5.41, 5.74) is -0.102. The third kappa shape index (κ3) is 4.12. The summed E-state index contributed by atoms with van der Waals surface area (Å²) in [5.74, 6) is -0.596. The molecule has 0 aliphatic carbocycles. The number of hydrogen-bond acceptors (Lipinski definition) is 5. The van der Waals surface area contributed by atoms with Crippen molar-refractivity contribution >= 4 is 27.3 Å². The lowest BCUT2D eigenvalue weighted by Crippen LogP contribution is -2.30. The van der Waals surface area contributed by atoms with Crippen LogP contribution in [0.25, 0.3) is 0 Å². The third-order valence-electron chi connectivity index (χ3n) is 2.49. The van der Waals surface area contributed by atoms with Crippen molar-refractivity contribution in [1.82, 2.24) is 0 Å². The lowest BCUT2D eigenvalue weighted by molar-refractivity contribution is -0.384. The highest BCUT2D eigenvalue weighted by Crippen LogP contribution is 2.33. The smallest absolute Gasteiger partial charge is 0.293 e. The Hall–Kier alpha value is -1.25. The molecule has 106 valence electrons. The van der Waals surface area contributed by atoms with Crippen LogP contribution in [0, 0.1) is 15.9 Å². The van der Waals surface area contributed by atoms with Gasteiger partial charge in [-0.3, -0.25) is 10.1 Å². The zero-order chi connectivity index (χ0) is 14.4. The molecular weight excluding hydrogens is 323 g/mol. The highest BCUT2D eigenvalue weighted by Gasteiger charge is 2.22. The normalized spacial score (nSPS) is 10.5. The Morgan fingerprint density at radius 1 is 1.53 bits per heavy atom. The number of rotatable bonds is 7. The average molecular weight is 337 g/mol. The van der Waals surface area contributed by atoms with Crippen LogP contribution in [0.2, 0.25) is 0 Å². The number of nitro groups is 1. The molecule has 0 aromatic heterocycles. The Kier molecular flexibility index (Phi) is 6.13. The molecule has 0 saturated carbocycles. The molecule has 0 aliphatic rings. The zero-order valence-corrected chi connectivity index (χ0v) is 11.9. The first-order chi connectivity index (χ1) is 9.01. The summed E-state index contributed by atoms with van der Waals surface area (Å²) in [6.45, 7) is 0.595. The van der Waals surface area contributed by atoms with Gasteiger partial charge in [0.05, 0.1) is 22.6 Å². The number of aliphatic hydroxyl groups is 1. The predicted octanol–water partition coefficient (Wildman–Crippen LogP) is 1.94. The Morgan fingerprint density at radius 2 is 2.21 bits per heavy atom. The molecule has 0 saturated heterocycles. The van der Waals surface area contributed by atoms with Gasteiger partial charge < -0.3 is 14.7 Å². The van der Waals surface area contributed by atoms with Crippen LogP contribution in [-0.4, -0.2) is 43.4 Å². The first-order valence-electron chi connectivity index (χ1n) is 5.49. The molecule has 0 atom stereocenters. The van der Waals surface area contributed by atoms with Crippen LogP contribution in [0.15, 0.2) is 16.6 Å². The summed E-state index contributed by atoms with van der Waals surface area (Å²) in [5, 5.41) is 20.0. The summed E-state index contributed by atoms with van der Waals surface area (Å²) in [6, 6.07) is 2.19.